The highest BCUT2D eigenvalue weighted by Gasteiger charge is 2.32. The van der Waals surface area contributed by atoms with Gasteiger partial charge in [0.25, 0.3) is 0 Å². The topological polar surface area (TPSA) is 56.7 Å². The van der Waals surface area contributed by atoms with E-state index in [9.17, 15) is 13.2 Å². The molecule has 2 N–H and O–H groups in total. The number of halogens is 3. The van der Waals surface area contributed by atoms with Gasteiger partial charge in [-0.1, -0.05) is 12.1 Å². The van der Waals surface area contributed by atoms with Crippen LogP contribution in [0.2, 0.25) is 0 Å². The molecule has 2 aromatic heterocycles. The number of alkyl halides is 3. The van der Waals surface area contributed by atoms with Crippen LogP contribution in [0.15, 0.2) is 36.4 Å². The van der Waals surface area contributed by atoms with Gasteiger partial charge >= 0.3 is 6.18 Å². The van der Waals surface area contributed by atoms with Gasteiger partial charge < -0.3 is 5.73 Å². The predicted molar refractivity (Wildman–Crippen MR) is 77.2 cm³/mol. The minimum Gasteiger partial charge on any atom is -0.398 e. The van der Waals surface area contributed by atoms with Gasteiger partial charge in [0.1, 0.15) is 5.69 Å². The number of hydrogen-bond donors (Lipinski definition) is 1. The number of nitrogens with zero attached hydrogens (tertiary/aromatic N) is 3. The van der Waals surface area contributed by atoms with Crippen molar-refractivity contribution < 1.29 is 13.2 Å². The summed E-state index contributed by atoms with van der Waals surface area (Å²) in [4.78, 5) is 3.66. The number of aryl methyl sites for hydroxylation is 1. The molecule has 22 heavy (non-hydrogen) atoms. The minimum absolute atomic E-state index is 0.151. The Morgan fingerprint density at radius 1 is 1.14 bits per heavy atom. The first-order valence-electron chi connectivity index (χ1n) is 6.61. The van der Waals surface area contributed by atoms with Crippen LogP contribution in [0.25, 0.3) is 10.9 Å². The van der Waals surface area contributed by atoms with E-state index < -0.39 is 11.9 Å². The zero-order valence-electron chi connectivity index (χ0n) is 11.7. The van der Waals surface area contributed by atoms with Gasteiger partial charge in [-0.2, -0.15) is 18.3 Å². The van der Waals surface area contributed by atoms with Crippen molar-refractivity contribution in [3.8, 4) is 0 Å². The molecule has 0 amide bonds. The normalized spacial score (nSPS) is 12.0. The van der Waals surface area contributed by atoms with Gasteiger partial charge in [0.05, 0.1) is 23.4 Å². The summed E-state index contributed by atoms with van der Waals surface area (Å²) in [6, 6.07) is 9.23. The molecule has 2 heterocycles. The third kappa shape index (κ3) is 2.49. The predicted octanol–water partition coefficient (Wildman–Crippen LogP) is 3.39. The molecule has 0 aliphatic rings. The quantitative estimate of drug-likeness (QED) is 0.738. The fraction of sp³-hybridized carbons (Fsp3) is 0.200. The molecule has 4 nitrogen and oxygen atoms in total. The number of hydrogen-bond acceptors (Lipinski definition) is 3. The number of nitrogen functional groups attached to an aromatic ring is 1. The first-order valence-corrected chi connectivity index (χ1v) is 6.61. The van der Waals surface area contributed by atoms with Gasteiger partial charge in [-0.15, -0.1) is 0 Å². The maximum atomic E-state index is 12.7. The molecule has 0 aliphatic heterocycles. The average Bonchev–Trinajstić information content (AvgIpc) is 2.76. The van der Waals surface area contributed by atoms with E-state index in [2.05, 4.69) is 10.1 Å². The SMILES string of the molecule is Cc1nn(Cc2cccc(C(F)(F)F)n2)c2cccc(N)c12. The Morgan fingerprint density at radius 2 is 1.86 bits per heavy atom. The lowest BCUT2D eigenvalue weighted by Gasteiger charge is -2.08. The highest BCUT2D eigenvalue weighted by molar-refractivity contribution is 5.92. The van der Waals surface area contributed by atoms with E-state index in [0.717, 1.165) is 22.7 Å². The monoisotopic (exact) mass is 306 g/mol. The summed E-state index contributed by atoms with van der Waals surface area (Å²) < 4.78 is 39.8. The molecule has 0 saturated heterocycles. The summed E-state index contributed by atoms with van der Waals surface area (Å²) in [6.07, 6.45) is -4.46. The molecule has 0 bridgehead atoms. The first-order chi connectivity index (χ1) is 10.4. The van der Waals surface area contributed by atoms with Gasteiger partial charge in [0.2, 0.25) is 0 Å². The number of nitrogens with two attached hydrogens (primary N) is 1. The van der Waals surface area contributed by atoms with Crippen LogP contribution >= 0.6 is 0 Å². The van der Waals surface area contributed by atoms with E-state index >= 15 is 0 Å². The molecule has 0 unspecified atom stereocenters. The largest absolute Gasteiger partial charge is 0.433 e. The lowest BCUT2D eigenvalue weighted by Crippen LogP contribution is -2.11. The van der Waals surface area contributed by atoms with Gasteiger partial charge in [-0.05, 0) is 31.2 Å². The fourth-order valence-corrected chi connectivity index (χ4v) is 2.45. The molecule has 0 radical (unpaired) electrons. The lowest BCUT2D eigenvalue weighted by molar-refractivity contribution is -0.141. The first kappa shape index (κ1) is 14.4. The molecule has 3 aromatic rings. The summed E-state index contributed by atoms with van der Waals surface area (Å²) in [5, 5.41) is 5.17. The van der Waals surface area contributed by atoms with Crippen LogP contribution in [-0.2, 0) is 12.7 Å². The molecular weight excluding hydrogens is 293 g/mol. The van der Waals surface area contributed by atoms with Crippen LogP contribution in [0.1, 0.15) is 17.1 Å². The van der Waals surface area contributed by atoms with Crippen molar-refractivity contribution in [1.82, 2.24) is 14.8 Å². The second-order valence-electron chi connectivity index (χ2n) is 5.00. The number of rotatable bonds is 2. The summed E-state index contributed by atoms with van der Waals surface area (Å²) in [5.41, 5.74) is 7.42. The summed E-state index contributed by atoms with van der Waals surface area (Å²) >= 11 is 0. The maximum Gasteiger partial charge on any atom is 0.433 e. The average molecular weight is 306 g/mol. The lowest BCUT2D eigenvalue weighted by atomic mass is 10.2. The van der Waals surface area contributed by atoms with Crippen molar-refractivity contribution in [3.05, 3.63) is 53.5 Å². The van der Waals surface area contributed by atoms with Crippen molar-refractivity contribution >= 4 is 16.6 Å². The second-order valence-corrected chi connectivity index (χ2v) is 5.00. The number of aromatic nitrogens is 3. The van der Waals surface area contributed by atoms with Crippen LogP contribution in [0.3, 0.4) is 0 Å². The molecule has 0 aliphatic carbocycles. The van der Waals surface area contributed by atoms with E-state index in [0.29, 0.717) is 11.4 Å². The van der Waals surface area contributed by atoms with Crippen molar-refractivity contribution in [3.63, 3.8) is 0 Å². The van der Waals surface area contributed by atoms with Gasteiger partial charge in [0.15, 0.2) is 0 Å². The standard InChI is InChI=1S/C15H13F3N4/c1-9-14-11(19)5-3-6-12(14)22(21-9)8-10-4-2-7-13(20-10)15(16,17)18/h2-7H,8,19H2,1H3. The molecule has 3 rings (SSSR count). The van der Waals surface area contributed by atoms with Crippen molar-refractivity contribution in [2.45, 2.75) is 19.6 Å². The van der Waals surface area contributed by atoms with Crippen LogP contribution in [0, 0.1) is 6.92 Å². The zero-order chi connectivity index (χ0) is 15.9. The van der Waals surface area contributed by atoms with Crippen LogP contribution in [0.5, 0.6) is 0 Å². The Bertz CT molecular complexity index is 836. The molecule has 0 saturated carbocycles. The number of benzene rings is 1. The fourth-order valence-electron chi connectivity index (χ4n) is 2.45. The smallest absolute Gasteiger partial charge is 0.398 e. The van der Waals surface area contributed by atoms with Crippen LogP contribution < -0.4 is 5.73 Å². The Hall–Kier alpha value is -2.57. The summed E-state index contributed by atoms with van der Waals surface area (Å²) in [6.45, 7) is 1.96. The van der Waals surface area contributed by atoms with Crippen molar-refractivity contribution in [2.75, 3.05) is 5.73 Å². The number of anilines is 1. The highest BCUT2D eigenvalue weighted by Crippen LogP contribution is 2.28. The van der Waals surface area contributed by atoms with Crippen LogP contribution in [0.4, 0.5) is 18.9 Å². The van der Waals surface area contributed by atoms with Gasteiger partial charge in [-0.25, -0.2) is 4.98 Å². The second kappa shape index (κ2) is 5.01. The Labute approximate surface area is 124 Å². The molecule has 7 heteroatoms. The van der Waals surface area contributed by atoms with Crippen molar-refractivity contribution in [2.24, 2.45) is 0 Å². The van der Waals surface area contributed by atoms with E-state index in [1.54, 1.807) is 22.9 Å². The Balaban J connectivity index is 2.03. The van der Waals surface area contributed by atoms with Crippen LogP contribution in [-0.4, -0.2) is 14.8 Å². The van der Waals surface area contributed by atoms with E-state index in [-0.39, 0.29) is 6.54 Å². The molecule has 1 aromatic carbocycles. The summed E-state index contributed by atoms with van der Waals surface area (Å²) in [5.74, 6) is 0. The minimum atomic E-state index is -4.46. The van der Waals surface area contributed by atoms with Crippen molar-refractivity contribution in [1.29, 1.82) is 0 Å². The third-order valence-electron chi connectivity index (χ3n) is 3.39. The highest BCUT2D eigenvalue weighted by atomic mass is 19.4. The molecule has 0 fully saturated rings. The molecule has 0 spiro atoms. The molecule has 114 valence electrons. The zero-order valence-corrected chi connectivity index (χ0v) is 11.7. The summed E-state index contributed by atoms with van der Waals surface area (Å²) in [7, 11) is 0. The number of fused-ring (bicyclic) bond motifs is 1. The van der Waals surface area contributed by atoms with E-state index in [4.69, 9.17) is 5.73 Å². The Kier molecular flexibility index (Phi) is 3.27. The van der Waals surface area contributed by atoms with Gasteiger partial charge in [-0.3, -0.25) is 4.68 Å². The van der Waals surface area contributed by atoms with Gasteiger partial charge in [0, 0.05) is 11.1 Å². The number of pyridine rings is 1. The molecular formula is C15H13F3N4. The molecule has 0 atom stereocenters. The third-order valence-corrected chi connectivity index (χ3v) is 3.39. The van der Waals surface area contributed by atoms with E-state index in [1.165, 1.54) is 6.07 Å². The Morgan fingerprint density at radius 3 is 2.59 bits per heavy atom. The van der Waals surface area contributed by atoms with E-state index in [1.807, 2.05) is 13.0 Å². The maximum absolute atomic E-state index is 12.7.